The Morgan fingerprint density at radius 2 is 1.94 bits per heavy atom. The highest BCUT2D eigenvalue weighted by Gasteiger charge is 2.30. The minimum Gasteiger partial charge on any atom is -0.465 e. The lowest BCUT2D eigenvalue weighted by Gasteiger charge is -2.27. The first-order valence-electron chi connectivity index (χ1n) is 12.5. The lowest BCUT2D eigenvalue weighted by molar-refractivity contribution is 0.0603. The fourth-order valence-corrected chi connectivity index (χ4v) is 5.06. The Labute approximate surface area is 202 Å². The fourth-order valence-electron chi connectivity index (χ4n) is 5.06. The van der Waals surface area contributed by atoms with E-state index in [4.69, 9.17) is 9.72 Å². The van der Waals surface area contributed by atoms with Crippen LogP contribution in [0.1, 0.15) is 87.3 Å². The molecule has 0 radical (unpaired) electrons. The number of rotatable bonds is 6. The first-order chi connectivity index (χ1) is 16.1. The number of carbonyl (C=O) groups is 1. The molecule has 4 nitrogen and oxygen atoms in total. The van der Waals surface area contributed by atoms with Crippen LogP contribution in [0.5, 0.6) is 0 Å². The SMILES string of the molecule is COC(=O)c1c(-c2ccc(CCC(C)C(C)(C)C)cn2)n(C2CCCC2)c2cc(C)c(F)cc12. The highest BCUT2D eigenvalue weighted by molar-refractivity contribution is 6.10. The van der Waals surface area contributed by atoms with Crippen LogP contribution in [0.4, 0.5) is 4.39 Å². The van der Waals surface area contributed by atoms with Crippen LogP contribution in [0.3, 0.4) is 0 Å². The summed E-state index contributed by atoms with van der Waals surface area (Å²) in [4.78, 5) is 17.8. The predicted molar refractivity (Wildman–Crippen MR) is 136 cm³/mol. The van der Waals surface area contributed by atoms with E-state index < -0.39 is 5.97 Å². The molecule has 2 aromatic heterocycles. The number of hydrogen-bond donors (Lipinski definition) is 0. The molecule has 1 unspecified atom stereocenters. The molecule has 1 atom stereocenters. The first-order valence-corrected chi connectivity index (χ1v) is 12.5. The monoisotopic (exact) mass is 464 g/mol. The number of fused-ring (bicyclic) bond motifs is 1. The number of aromatic nitrogens is 2. The van der Waals surface area contributed by atoms with Crippen molar-refractivity contribution in [2.24, 2.45) is 11.3 Å². The molecule has 1 aromatic carbocycles. The van der Waals surface area contributed by atoms with Gasteiger partial charge in [-0.2, -0.15) is 0 Å². The zero-order valence-electron chi connectivity index (χ0n) is 21.4. The van der Waals surface area contributed by atoms with Crippen molar-refractivity contribution >= 4 is 16.9 Å². The predicted octanol–water partition coefficient (Wildman–Crippen LogP) is 7.67. The minimum atomic E-state index is -0.454. The average Bonchev–Trinajstić information content (AvgIpc) is 3.43. The molecule has 0 aliphatic heterocycles. The number of benzene rings is 1. The van der Waals surface area contributed by atoms with Gasteiger partial charge in [0.25, 0.3) is 0 Å². The fraction of sp³-hybridized carbons (Fsp3) is 0.517. The molecule has 0 bridgehead atoms. The van der Waals surface area contributed by atoms with Crippen LogP contribution in [-0.2, 0) is 11.2 Å². The normalized spacial score (nSPS) is 15.7. The van der Waals surface area contributed by atoms with Gasteiger partial charge in [0.2, 0.25) is 0 Å². The zero-order valence-corrected chi connectivity index (χ0v) is 21.4. The van der Waals surface area contributed by atoms with Crippen LogP contribution in [-0.4, -0.2) is 22.6 Å². The Balaban J connectivity index is 1.82. The second-order valence-corrected chi connectivity index (χ2v) is 11.0. The van der Waals surface area contributed by atoms with E-state index in [0.717, 1.165) is 55.4 Å². The lowest BCUT2D eigenvalue weighted by Crippen LogP contribution is -2.17. The number of carbonyl (C=O) groups excluding carboxylic acids is 1. The van der Waals surface area contributed by atoms with E-state index >= 15 is 0 Å². The van der Waals surface area contributed by atoms with Crippen molar-refractivity contribution in [3.63, 3.8) is 0 Å². The van der Waals surface area contributed by atoms with Crippen molar-refractivity contribution in [1.29, 1.82) is 0 Å². The quantitative estimate of drug-likeness (QED) is 0.352. The van der Waals surface area contributed by atoms with E-state index in [-0.39, 0.29) is 17.3 Å². The lowest BCUT2D eigenvalue weighted by atomic mass is 9.79. The summed E-state index contributed by atoms with van der Waals surface area (Å²) < 4.78 is 22.0. The van der Waals surface area contributed by atoms with Crippen LogP contribution in [0, 0.1) is 24.1 Å². The highest BCUT2D eigenvalue weighted by Crippen LogP contribution is 2.42. The maximum absolute atomic E-state index is 14.6. The Morgan fingerprint density at radius 1 is 1.24 bits per heavy atom. The Morgan fingerprint density at radius 3 is 2.53 bits per heavy atom. The molecule has 0 N–H and O–H groups in total. The maximum Gasteiger partial charge on any atom is 0.340 e. The molecule has 1 aliphatic rings. The number of aryl methyl sites for hydroxylation is 2. The summed E-state index contributed by atoms with van der Waals surface area (Å²) in [5.41, 5.74) is 4.80. The topological polar surface area (TPSA) is 44.1 Å². The Kier molecular flexibility index (Phi) is 6.84. The third-order valence-corrected chi connectivity index (χ3v) is 7.77. The van der Waals surface area contributed by atoms with Crippen LogP contribution in [0.2, 0.25) is 0 Å². The van der Waals surface area contributed by atoms with Gasteiger partial charge in [-0.1, -0.05) is 46.6 Å². The molecule has 1 fully saturated rings. The van der Waals surface area contributed by atoms with Gasteiger partial charge in [-0.25, -0.2) is 9.18 Å². The summed E-state index contributed by atoms with van der Waals surface area (Å²) >= 11 is 0. The largest absolute Gasteiger partial charge is 0.465 e. The van der Waals surface area contributed by atoms with Crippen molar-refractivity contribution in [3.8, 4) is 11.4 Å². The first kappa shape index (κ1) is 24.4. The van der Waals surface area contributed by atoms with Gasteiger partial charge in [0, 0.05) is 17.6 Å². The number of methoxy groups -OCH3 is 1. The number of pyridine rings is 1. The molecule has 34 heavy (non-hydrogen) atoms. The van der Waals surface area contributed by atoms with Crippen molar-refractivity contribution in [2.45, 2.75) is 79.2 Å². The Hall–Kier alpha value is -2.69. The molecule has 0 spiro atoms. The van der Waals surface area contributed by atoms with Gasteiger partial charge >= 0.3 is 5.97 Å². The van der Waals surface area contributed by atoms with E-state index in [0.29, 0.717) is 22.4 Å². The molecular formula is C29H37FN2O2. The minimum absolute atomic E-state index is 0.259. The smallest absolute Gasteiger partial charge is 0.340 e. The zero-order chi connectivity index (χ0) is 24.6. The summed E-state index contributed by atoms with van der Waals surface area (Å²) in [7, 11) is 1.38. The van der Waals surface area contributed by atoms with Crippen LogP contribution >= 0.6 is 0 Å². The number of ether oxygens (including phenoxy) is 1. The number of esters is 1. The molecule has 182 valence electrons. The third-order valence-electron chi connectivity index (χ3n) is 7.77. The van der Waals surface area contributed by atoms with Gasteiger partial charge in [0.15, 0.2) is 0 Å². The van der Waals surface area contributed by atoms with Gasteiger partial charge in [-0.3, -0.25) is 4.98 Å². The number of hydrogen-bond acceptors (Lipinski definition) is 3. The van der Waals surface area contributed by atoms with Crippen LogP contribution in [0.15, 0.2) is 30.5 Å². The number of halogens is 1. The summed E-state index contributed by atoms with van der Waals surface area (Å²) in [5, 5.41) is 0.599. The second-order valence-electron chi connectivity index (χ2n) is 11.0. The van der Waals surface area contributed by atoms with Crippen molar-refractivity contribution in [1.82, 2.24) is 9.55 Å². The van der Waals surface area contributed by atoms with Crippen molar-refractivity contribution in [2.75, 3.05) is 7.11 Å². The van der Waals surface area contributed by atoms with Gasteiger partial charge in [0.05, 0.1) is 29.6 Å². The standard InChI is InChI=1S/C29H37FN2O2/c1-18-15-25-22(16-23(18)30)26(28(33)34-6)27(32(25)21-9-7-8-10-21)24-14-13-20(17-31-24)12-11-19(2)29(3,4)5/h13-17,19,21H,7-12H2,1-6H3. The van der Waals surface area contributed by atoms with E-state index in [2.05, 4.69) is 38.3 Å². The molecular weight excluding hydrogens is 427 g/mol. The van der Waals surface area contributed by atoms with Gasteiger partial charge in [-0.05, 0) is 73.3 Å². The van der Waals surface area contributed by atoms with Gasteiger partial charge in [-0.15, -0.1) is 0 Å². The number of nitrogens with zero attached hydrogens (tertiary/aromatic N) is 2. The van der Waals surface area contributed by atoms with E-state index in [1.807, 2.05) is 18.3 Å². The molecule has 4 rings (SSSR count). The molecule has 1 saturated carbocycles. The van der Waals surface area contributed by atoms with Crippen LogP contribution in [0.25, 0.3) is 22.3 Å². The van der Waals surface area contributed by atoms with Crippen molar-refractivity contribution in [3.05, 3.63) is 53.0 Å². The second kappa shape index (κ2) is 9.52. The summed E-state index contributed by atoms with van der Waals surface area (Å²) in [6.45, 7) is 10.9. The van der Waals surface area contributed by atoms with Gasteiger partial charge in [0.1, 0.15) is 5.82 Å². The maximum atomic E-state index is 14.6. The van der Waals surface area contributed by atoms with Crippen LogP contribution < -0.4 is 0 Å². The third kappa shape index (κ3) is 4.62. The molecule has 5 heteroatoms. The molecule has 0 amide bonds. The molecule has 2 heterocycles. The van der Waals surface area contributed by atoms with Crippen molar-refractivity contribution < 1.29 is 13.9 Å². The summed E-state index contributed by atoms with van der Waals surface area (Å²) in [6, 6.07) is 7.72. The van der Waals surface area contributed by atoms with E-state index in [9.17, 15) is 9.18 Å². The Bertz CT molecular complexity index is 1180. The van der Waals surface area contributed by atoms with E-state index in [1.54, 1.807) is 6.92 Å². The summed E-state index contributed by atoms with van der Waals surface area (Å²) in [6.07, 6.45) is 8.36. The average molecular weight is 465 g/mol. The molecule has 0 saturated heterocycles. The molecule has 1 aliphatic carbocycles. The van der Waals surface area contributed by atoms with E-state index in [1.165, 1.54) is 18.7 Å². The molecule has 3 aromatic rings. The highest BCUT2D eigenvalue weighted by atomic mass is 19.1. The van der Waals surface area contributed by atoms with Gasteiger partial charge < -0.3 is 9.30 Å². The summed E-state index contributed by atoms with van der Waals surface area (Å²) in [5.74, 6) is -0.171.